The van der Waals surface area contributed by atoms with Gasteiger partial charge in [-0.3, -0.25) is 9.59 Å². The number of aliphatic hydroxyl groups excluding tert-OH is 1. The van der Waals surface area contributed by atoms with Crippen molar-refractivity contribution in [1.82, 2.24) is 0 Å². The first kappa shape index (κ1) is 47.1. The molecule has 6 nitrogen and oxygen atoms in total. The molecule has 2 unspecified atom stereocenters. The minimum Gasteiger partial charge on any atom is -0.463 e. The summed E-state index contributed by atoms with van der Waals surface area (Å²) in [6, 6.07) is 0. The van der Waals surface area contributed by atoms with E-state index in [-0.39, 0.29) is 25.2 Å². The lowest BCUT2D eigenvalue weighted by Gasteiger charge is -2.12. The van der Waals surface area contributed by atoms with Gasteiger partial charge in [-0.25, -0.2) is 0 Å². The van der Waals surface area contributed by atoms with Gasteiger partial charge in [-0.2, -0.15) is 0 Å². The predicted octanol–water partition coefficient (Wildman–Crippen LogP) is 12.5. The molecule has 0 amide bonds. The van der Waals surface area contributed by atoms with Gasteiger partial charge in [0.1, 0.15) is 19.3 Å². The Hall–Kier alpha value is -1.92. The maximum atomic E-state index is 12.0. The topological polar surface area (TPSA) is 85.4 Å². The van der Waals surface area contributed by atoms with Crippen molar-refractivity contribution in [3.63, 3.8) is 0 Å². The van der Waals surface area contributed by atoms with Gasteiger partial charge in [-0.05, 0) is 57.3 Å². The van der Waals surface area contributed by atoms with Crippen LogP contribution in [0.3, 0.4) is 0 Å². The molecule has 0 aromatic carbocycles. The average molecular weight is 717 g/mol. The maximum absolute atomic E-state index is 12.0. The van der Waals surface area contributed by atoms with Gasteiger partial charge in [-0.1, -0.05) is 173 Å². The lowest BCUT2D eigenvalue weighted by molar-refractivity contribution is -0.152. The molecular formula is C45H80O6. The third kappa shape index (κ3) is 33.7. The van der Waals surface area contributed by atoms with E-state index in [1.165, 1.54) is 116 Å². The molecule has 0 bridgehead atoms. The van der Waals surface area contributed by atoms with Gasteiger partial charge in [0.25, 0.3) is 0 Å². The minimum absolute atomic E-state index is 0.134. The van der Waals surface area contributed by atoms with Crippen molar-refractivity contribution in [3.05, 3.63) is 36.5 Å². The van der Waals surface area contributed by atoms with Crippen LogP contribution in [0.4, 0.5) is 0 Å². The van der Waals surface area contributed by atoms with Gasteiger partial charge in [0.2, 0.25) is 0 Å². The van der Waals surface area contributed by atoms with Crippen molar-refractivity contribution in [1.29, 1.82) is 0 Å². The highest BCUT2D eigenvalue weighted by molar-refractivity contribution is 5.69. The summed E-state index contributed by atoms with van der Waals surface area (Å²) < 4.78 is 16.1. The third-order valence-corrected chi connectivity index (χ3v) is 9.71. The molecule has 1 N–H and O–H groups in total. The van der Waals surface area contributed by atoms with E-state index in [1.807, 2.05) is 0 Å². The van der Waals surface area contributed by atoms with Crippen molar-refractivity contribution in [2.75, 3.05) is 13.2 Å². The summed E-state index contributed by atoms with van der Waals surface area (Å²) in [5.41, 5.74) is 0. The van der Waals surface area contributed by atoms with Crippen LogP contribution in [0.1, 0.15) is 201 Å². The van der Waals surface area contributed by atoms with Crippen LogP contribution >= 0.6 is 0 Å². The van der Waals surface area contributed by atoms with Crippen LogP contribution in [-0.4, -0.2) is 48.6 Å². The van der Waals surface area contributed by atoms with E-state index < -0.39 is 6.10 Å². The second-order valence-electron chi connectivity index (χ2n) is 15.3. The molecule has 1 aliphatic rings. The molecule has 0 aromatic rings. The molecule has 296 valence electrons. The lowest BCUT2D eigenvalue weighted by Crippen LogP contribution is -2.25. The summed E-state index contributed by atoms with van der Waals surface area (Å²) in [5.74, 6) is 0.227. The van der Waals surface area contributed by atoms with E-state index in [9.17, 15) is 14.7 Å². The summed E-state index contributed by atoms with van der Waals surface area (Å²) in [6.07, 6.45) is 45.3. The first-order valence-corrected chi connectivity index (χ1v) is 21.5. The van der Waals surface area contributed by atoms with Crippen LogP contribution in [0.2, 0.25) is 0 Å². The highest BCUT2D eigenvalue weighted by Crippen LogP contribution is 2.29. The number of unbranched alkanes of at least 4 members (excludes halogenated alkanes) is 19. The van der Waals surface area contributed by atoms with Crippen molar-refractivity contribution in [3.8, 4) is 0 Å². The van der Waals surface area contributed by atoms with E-state index >= 15 is 0 Å². The normalized spacial score (nSPS) is 16.6. The van der Waals surface area contributed by atoms with Crippen molar-refractivity contribution >= 4 is 11.9 Å². The Morgan fingerprint density at radius 1 is 0.569 bits per heavy atom. The first-order chi connectivity index (χ1) is 24.9. The highest BCUT2D eigenvalue weighted by atomic mass is 16.6. The number of esters is 2. The smallest absolute Gasteiger partial charge is 0.305 e. The number of epoxide rings is 1. The zero-order chi connectivity index (χ0) is 37.0. The summed E-state index contributed by atoms with van der Waals surface area (Å²) in [4.78, 5) is 24.0. The zero-order valence-corrected chi connectivity index (χ0v) is 33.5. The van der Waals surface area contributed by atoms with E-state index in [4.69, 9.17) is 14.2 Å². The van der Waals surface area contributed by atoms with Gasteiger partial charge in [0.05, 0.1) is 12.2 Å². The predicted molar refractivity (Wildman–Crippen MR) is 214 cm³/mol. The SMILES string of the molecule is CCCCC/C=C\CC1OC1C/C=C\C/C=C\CCCC(=O)OC[C@@H](O)COC(=O)CCCCCCCCCCCCCCCCCCC(C)C. The minimum atomic E-state index is -0.989. The summed E-state index contributed by atoms with van der Waals surface area (Å²) in [7, 11) is 0. The lowest BCUT2D eigenvalue weighted by atomic mass is 10.0. The molecule has 0 radical (unpaired) electrons. The number of carbonyl (C=O) groups is 2. The molecule has 51 heavy (non-hydrogen) atoms. The van der Waals surface area contributed by atoms with E-state index in [0.717, 1.165) is 50.9 Å². The number of aliphatic hydroxyl groups is 1. The molecular weight excluding hydrogens is 636 g/mol. The summed E-state index contributed by atoms with van der Waals surface area (Å²) >= 11 is 0. The van der Waals surface area contributed by atoms with Gasteiger partial charge < -0.3 is 19.3 Å². The molecule has 1 heterocycles. The fourth-order valence-electron chi connectivity index (χ4n) is 6.31. The Kier molecular flexibility index (Phi) is 32.4. The second-order valence-corrected chi connectivity index (χ2v) is 15.3. The van der Waals surface area contributed by atoms with E-state index in [1.54, 1.807) is 0 Å². The van der Waals surface area contributed by atoms with Crippen LogP contribution in [0, 0.1) is 5.92 Å². The van der Waals surface area contributed by atoms with Gasteiger partial charge >= 0.3 is 11.9 Å². The standard InChI is InChI=1S/C45H80O6/c1-4-5-6-7-24-29-34-42-43(51-42)35-30-25-20-18-22-27-32-37-45(48)50-39-41(46)38-49-44(47)36-31-26-21-17-15-13-11-9-8-10-12-14-16-19-23-28-33-40(2)3/h18,22,24-25,29-30,40-43,46H,4-17,19-21,23,26-28,31-39H2,1-3H3/b22-18-,29-24-,30-25-/t41-,42?,43?/m0/s1. The molecule has 1 rings (SSSR count). The maximum Gasteiger partial charge on any atom is 0.305 e. The molecule has 1 saturated heterocycles. The number of ether oxygens (including phenoxy) is 3. The molecule has 0 saturated carbocycles. The first-order valence-electron chi connectivity index (χ1n) is 21.5. The van der Waals surface area contributed by atoms with Gasteiger partial charge in [0, 0.05) is 12.8 Å². The Balaban J connectivity index is 1.83. The third-order valence-electron chi connectivity index (χ3n) is 9.71. The summed E-state index contributed by atoms with van der Waals surface area (Å²) in [5, 5.41) is 10.0. The zero-order valence-electron chi connectivity index (χ0n) is 33.5. The molecule has 6 heteroatoms. The number of carbonyl (C=O) groups excluding carboxylic acids is 2. The molecule has 1 aliphatic heterocycles. The fraction of sp³-hybridized carbons (Fsp3) is 0.822. The van der Waals surface area contributed by atoms with Crippen molar-refractivity contribution < 1.29 is 28.9 Å². The van der Waals surface area contributed by atoms with Crippen molar-refractivity contribution in [2.45, 2.75) is 219 Å². The number of rotatable bonds is 37. The molecule has 0 spiro atoms. The van der Waals surface area contributed by atoms with Crippen LogP contribution in [0.5, 0.6) is 0 Å². The average Bonchev–Trinajstić information content (AvgIpc) is 3.87. The van der Waals surface area contributed by atoms with Crippen molar-refractivity contribution in [2.24, 2.45) is 5.92 Å². The number of hydrogen-bond acceptors (Lipinski definition) is 6. The molecule has 1 fully saturated rings. The highest BCUT2D eigenvalue weighted by Gasteiger charge is 2.35. The van der Waals surface area contributed by atoms with Crippen LogP contribution in [0.25, 0.3) is 0 Å². The Bertz CT molecular complexity index is 893. The molecule has 0 aromatic heterocycles. The van der Waals surface area contributed by atoms with Crippen LogP contribution < -0.4 is 0 Å². The Labute approximate surface area is 314 Å². The number of allylic oxidation sites excluding steroid dienone is 4. The fourth-order valence-corrected chi connectivity index (χ4v) is 6.31. The van der Waals surface area contributed by atoms with Gasteiger partial charge in [-0.15, -0.1) is 0 Å². The van der Waals surface area contributed by atoms with Crippen LogP contribution in [-0.2, 0) is 23.8 Å². The van der Waals surface area contributed by atoms with Gasteiger partial charge in [0.15, 0.2) is 0 Å². The number of hydrogen-bond donors (Lipinski definition) is 1. The Morgan fingerprint density at radius 2 is 1.00 bits per heavy atom. The van der Waals surface area contributed by atoms with Crippen LogP contribution in [0.15, 0.2) is 36.5 Å². The summed E-state index contributed by atoms with van der Waals surface area (Å²) in [6.45, 7) is 6.59. The monoisotopic (exact) mass is 717 g/mol. The molecule has 0 aliphatic carbocycles. The van der Waals surface area contributed by atoms with E-state index in [0.29, 0.717) is 31.5 Å². The second kappa shape index (κ2) is 35.1. The quantitative estimate of drug-likeness (QED) is 0.0298. The molecule has 3 atom stereocenters. The Morgan fingerprint density at radius 3 is 1.53 bits per heavy atom. The largest absolute Gasteiger partial charge is 0.463 e. The van der Waals surface area contributed by atoms with E-state index in [2.05, 4.69) is 57.2 Å².